The van der Waals surface area contributed by atoms with Crippen LogP contribution in [0.1, 0.15) is 31.4 Å². The number of amides is 1. The predicted molar refractivity (Wildman–Crippen MR) is 81.4 cm³/mol. The summed E-state index contributed by atoms with van der Waals surface area (Å²) >= 11 is 0. The molecule has 4 N–H and O–H groups in total. The normalized spacial score (nSPS) is 13.8. The van der Waals surface area contributed by atoms with Gasteiger partial charge in [-0.15, -0.1) is 0 Å². The summed E-state index contributed by atoms with van der Waals surface area (Å²) < 4.78 is 5.32. The summed E-state index contributed by atoms with van der Waals surface area (Å²) in [5.41, 5.74) is 2.27. The number of nitrogens with one attached hydrogen (secondary N) is 1. The molecule has 0 bridgehead atoms. The molecule has 0 aliphatic rings. The number of hydrogen-bond acceptors (Lipinski definition) is 5. The monoisotopic (exact) mass is 309 g/mol. The Hall–Kier alpha value is -1.89. The van der Waals surface area contributed by atoms with Crippen LogP contribution in [0.2, 0.25) is 0 Å². The SMILES string of the molecule is C[C@@H](CC/C=C/C(=O)NO)[C@@H](O)c1cccc(OCCO)c1. The molecule has 0 saturated carbocycles. The Morgan fingerprint density at radius 3 is 2.91 bits per heavy atom. The molecule has 1 amide bonds. The minimum absolute atomic E-state index is 0.00469. The highest BCUT2D eigenvalue weighted by Gasteiger charge is 2.16. The van der Waals surface area contributed by atoms with Crippen molar-refractivity contribution in [2.45, 2.75) is 25.9 Å². The number of carbonyl (C=O) groups excluding carboxylic acids is 1. The maximum absolute atomic E-state index is 10.8. The molecular formula is C16H23NO5. The molecule has 122 valence electrons. The molecule has 2 atom stereocenters. The van der Waals surface area contributed by atoms with Crippen LogP contribution in [0.25, 0.3) is 0 Å². The van der Waals surface area contributed by atoms with E-state index in [1.165, 1.54) is 11.6 Å². The number of benzene rings is 1. The van der Waals surface area contributed by atoms with Crippen molar-refractivity contribution in [3.63, 3.8) is 0 Å². The molecule has 0 spiro atoms. The van der Waals surface area contributed by atoms with E-state index < -0.39 is 12.0 Å². The van der Waals surface area contributed by atoms with Crippen LogP contribution in [0.5, 0.6) is 5.75 Å². The molecule has 0 aliphatic heterocycles. The number of hydrogen-bond donors (Lipinski definition) is 4. The molecule has 1 aromatic rings. The van der Waals surface area contributed by atoms with Crippen LogP contribution in [-0.4, -0.2) is 34.5 Å². The topological polar surface area (TPSA) is 99.0 Å². The molecule has 0 unspecified atom stereocenters. The van der Waals surface area contributed by atoms with E-state index in [-0.39, 0.29) is 19.1 Å². The van der Waals surface area contributed by atoms with E-state index in [1.54, 1.807) is 24.3 Å². The average Bonchev–Trinajstić information content (AvgIpc) is 2.55. The van der Waals surface area contributed by atoms with Crippen molar-refractivity contribution in [2.75, 3.05) is 13.2 Å². The number of aliphatic hydroxyl groups excluding tert-OH is 2. The van der Waals surface area contributed by atoms with E-state index in [0.29, 0.717) is 18.6 Å². The van der Waals surface area contributed by atoms with Gasteiger partial charge in [0.2, 0.25) is 0 Å². The van der Waals surface area contributed by atoms with Gasteiger partial charge in [0.25, 0.3) is 5.91 Å². The molecule has 1 rings (SSSR count). The lowest BCUT2D eigenvalue weighted by molar-refractivity contribution is -0.124. The van der Waals surface area contributed by atoms with E-state index in [2.05, 4.69) is 0 Å². The maximum atomic E-state index is 10.8. The fraction of sp³-hybridized carbons (Fsp3) is 0.438. The molecule has 0 aromatic heterocycles. The third kappa shape index (κ3) is 6.26. The summed E-state index contributed by atoms with van der Waals surface area (Å²) in [6.07, 6.45) is 3.57. The van der Waals surface area contributed by atoms with Gasteiger partial charge >= 0.3 is 0 Å². The molecule has 6 heteroatoms. The molecule has 0 heterocycles. The lowest BCUT2D eigenvalue weighted by Crippen LogP contribution is -2.15. The Morgan fingerprint density at radius 2 is 2.23 bits per heavy atom. The molecule has 6 nitrogen and oxygen atoms in total. The number of carbonyl (C=O) groups is 1. The minimum Gasteiger partial charge on any atom is -0.491 e. The fourth-order valence-corrected chi connectivity index (χ4v) is 2.02. The second-order valence-electron chi connectivity index (χ2n) is 5.02. The van der Waals surface area contributed by atoms with Gasteiger partial charge in [-0.25, -0.2) is 5.48 Å². The van der Waals surface area contributed by atoms with E-state index in [1.807, 2.05) is 13.0 Å². The first-order chi connectivity index (χ1) is 10.6. The molecule has 22 heavy (non-hydrogen) atoms. The van der Waals surface area contributed by atoms with Gasteiger partial charge in [-0.3, -0.25) is 10.0 Å². The van der Waals surface area contributed by atoms with Gasteiger partial charge in [-0.05, 0) is 36.5 Å². The van der Waals surface area contributed by atoms with Gasteiger partial charge in [-0.1, -0.05) is 25.1 Å². The lowest BCUT2D eigenvalue weighted by Gasteiger charge is -2.19. The quantitative estimate of drug-likeness (QED) is 0.315. The van der Waals surface area contributed by atoms with Gasteiger partial charge in [0.1, 0.15) is 12.4 Å². The molecule has 1 aromatic carbocycles. The summed E-state index contributed by atoms with van der Waals surface area (Å²) in [4.78, 5) is 10.8. The van der Waals surface area contributed by atoms with E-state index >= 15 is 0 Å². The van der Waals surface area contributed by atoms with E-state index in [0.717, 1.165) is 5.56 Å². The summed E-state index contributed by atoms with van der Waals surface area (Å²) in [5.74, 6) is 0.0363. The molecule has 0 aliphatic carbocycles. The highest BCUT2D eigenvalue weighted by molar-refractivity contribution is 5.86. The van der Waals surface area contributed by atoms with Crippen molar-refractivity contribution >= 4 is 5.91 Å². The molecule has 0 saturated heterocycles. The zero-order valence-electron chi connectivity index (χ0n) is 12.6. The first-order valence-corrected chi connectivity index (χ1v) is 7.20. The zero-order chi connectivity index (χ0) is 16.4. The summed E-state index contributed by atoms with van der Waals surface area (Å²) in [5, 5.41) is 27.4. The average molecular weight is 309 g/mol. The van der Waals surface area contributed by atoms with Crippen LogP contribution < -0.4 is 10.2 Å². The van der Waals surface area contributed by atoms with Crippen LogP contribution >= 0.6 is 0 Å². The van der Waals surface area contributed by atoms with Crippen molar-refractivity contribution in [3.05, 3.63) is 42.0 Å². The molecule has 0 radical (unpaired) electrons. The van der Waals surface area contributed by atoms with Crippen molar-refractivity contribution < 1.29 is 25.0 Å². The minimum atomic E-state index is -0.641. The predicted octanol–water partition coefficient (Wildman–Crippen LogP) is 1.57. The Kier molecular flexibility index (Phi) is 8.21. The smallest absolute Gasteiger partial charge is 0.267 e. The number of hydroxylamine groups is 1. The fourth-order valence-electron chi connectivity index (χ4n) is 2.02. The summed E-state index contributed by atoms with van der Waals surface area (Å²) in [6, 6.07) is 7.14. The second kappa shape index (κ2) is 9.94. The van der Waals surface area contributed by atoms with Gasteiger partial charge in [0, 0.05) is 6.08 Å². The number of rotatable bonds is 9. The van der Waals surface area contributed by atoms with E-state index in [4.69, 9.17) is 15.1 Å². The summed E-state index contributed by atoms with van der Waals surface area (Å²) in [6.45, 7) is 2.08. The van der Waals surface area contributed by atoms with Crippen molar-refractivity contribution in [1.29, 1.82) is 0 Å². The van der Waals surface area contributed by atoms with Crippen molar-refractivity contribution in [1.82, 2.24) is 5.48 Å². The van der Waals surface area contributed by atoms with Crippen LogP contribution in [0, 0.1) is 5.92 Å². The molecule has 0 fully saturated rings. The highest BCUT2D eigenvalue weighted by Crippen LogP contribution is 2.27. The number of ether oxygens (including phenoxy) is 1. The van der Waals surface area contributed by atoms with Crippen LogP contribution in [0.15, 0.2) is 36.4 Å². The standard InChI is InChI=1S/C16H23NO5/c1-12(5-2-3-8-15(19)17-21)16(20)13-6-4-7-14(11-13)22-10-9-18/h3-4,6-8,11-12,16,18,20-21H,2,5,9-10H2,1H3,(H,17,19)/b8-3+/t12-,16+/m0/s1. The molecular weight excluding hydrogens is 286 g/mol. The Morgan fingerprint density at radius 1 is 1.45 bits per heavy atom. The van der Waals surface area contributed by atoms with E-state index in [9.17, 15) is 9.90 Å². The van der Waals surface area contributed by atoms with Crippen LogP contribution in [-0.2, 0) is 4.79 Å². The first kappa shape index (κ1) is 18.2. The largest absolute Gasteiger partial charge is 0.491 e. The first-order valence-electron chi connectivity index (χ1n) is 7.20. The van der Waals surface area contributed by atoms with Crippen molar-refractivity contribution in [3.8, 4) is 5.75 Å². The maximum Gasteiger partial charge on any atom is 0.267 e. The second-order valence-corrected chi connectivity index (χ2v) is 5.02. The number of allylic oxidation sites excluding steroid dienone is 1. The van der Waals surface area contributed by atoms with Gasteiger partial charge < -0.3 is 14.9 Å². The van der Waals surface area contributed by atoms with Gasteiger partial charge in [-0.2, -0.15) is 0 Å². The zero-order valence-corrected chi connectivity index (χ0v) is 12.6. The van der Waals surface area contributed by atoms with Crippen LogP contribution in [0.3, 0.4) is 0 Å². The van der Waals surface area contributed by atoms with Gasteiger partial charge in [0.05, 0.1) is 12.7 Å². The number of aliphatic hydroxyl groups is 2. The lowest BCUT2D eigenvalue weighted by atomic mass is 9.93. The van der Waals surface area contributed by atoms with Crippen LogP contribution in [0.4, 0.5) is 0 Å². The third-order valence-electron chi connectivity index (χ3n) is 3.27. The Balaban J connectivity index is 2.53. The third-order valence-corrected chi connectivity index (χ3v) is 3.27. The van der Waals surface area contributed by atoms with Crippen molar-refractivity contribution in [2.24, 2.45) is 5.92 Å². The Bertz CT molecular complexity index is 489. The van der Waals surface area contributed by atoms with Gasteiger partial charge in [0.15, 0.2) is 0 Å². The highest BCUT2D eigenvalue weighted by atomic mass is 16.5. The Labute approximate surface area is 130 Å². The summed E-state index contributed by atoms with van der Waals surface area (Å²) in [7, 11) is 0.